The van der Waals surface area contributed by atoms with Crippen LogP contribution in [0.4, 0.5) is 0 Å². The molecule has 5 nitrogen and oxygen atoms in total. The third-order valence-corrected chi connectivity index (χ3v) is 2.79. The van der Waals surface area contributed by atoms with Crippen LogP contribution >= 0.6 is 0 Å². The Hall–Kier alpha value is -1.10. The third kappa shape index (κ3) is 3.48. The topological polar surface area (TPSA) is 55.8 Å². The van der Waals surface area contributed by atoms with Gasteiger partial charge in [0, 0.05) is 19.7 Å². The van der Waals surface area contributed by atoms with E-state index in [0.717, 1.165) is 6.42 Å². The smallest absolute Gasteiger partial charge is 0.307 e. The van der Waals surface area contributed by atoms with Crippen molar-refractivity contribution in [2.75, 3.05) is 33.4 Å². The summed E-state index contributed by atoms with van der Waals surface area (Å²) in [6.45, 7) is 4.12. The largest absolute Gasteiger partial charge is 0.469 e. The van der Waals surface area contributed by atoms with Crippen molar-refractivity contribution in [3.05, 3.63) is 0 Å². The molecular formula is C11H19NO4. The number of hydrogen-bond donors (Lipinski definition) is 0. The van der Waals surface area contributed by atoms with Crippen molar-refractivity contribution >= 4 is 11.9 Å². The van der Waals surface area contributed by atoms with Gasteiger partial charge in [-0.2, -0.15) is 0 Å². The van der Waals surface area contributed by atoms with Gasteiger partial charge in [-0.25, -0.2) is 0 Å². The van der Waals surface area contributed by atoms with E-state index in [1.807, 2.05) is 6.92 Å². The number of ether oxygens (including phenoxy) is 2. The summed E-state index contributed by atoms with van der Waals surface area (Å²) in [5, 5.41) is 0. The van der Waals surface area contributed by atoms with Crippen LogP contribution in [0, 0.1) is 5.92 Å². The van der Waals surface area contributed by atoms with Gasteiger partial charge in [0.2, 0.25) is 5.91 Å². The fraction of sp³-hybridized carbons (Fsp3) is 0.818. The van der Waals surface area contributed by atoms with E-state index in [9.17, 15) is 9.59 Å². The monoisotopic (exact) mass is 229 g/mol. The molecule has 0 saturated carbocycles. The first-order valence-electron chi connectivity index (χ1n) is 5.62. The summed E-state index contributed by atoms with van der Waals surface area (Å²) in [6, 6.07) is 0. The second-order valence-corrected chi connectivity index (χ2v) is 3.80. The zero-order chi connectivity index (χ0) is 12.0. The Bertz CT molecular complexity index is 248. The van der Waals surface area contributed by atoms with E-state index in [2.05, 4.69) is 4.74 Å². The molecule has 1 saturated heterocycles. The average molecular weight is 229 g/mol. The fourth-order valence-electron chi connectivity index (χ4n) is 1.74. The summed E-state index contributed by atoms with van der Waals surface area (Å²) >= 11 is 0. The van der Waals surface area contributed by atoms with Crippen LogP contribution in [0.25, 0.3) is 0 Å². The third-order valence-electron chi connectivity index (χ3n) is 2.79. The van der Waals surface area contributed by atoms with Gasteiger partial charge in [-0.15, -0.1) is 0 Å². The molecule has 1 unspecified atom stereocenters. The SMILES string of the molecule is CCN(CCC(=O)OC)C(=O)C1CCOC1. The number of rotatable bonds is 5. The van der Waals surface area contributed by atoms with Gasteiger partial charge in [0.05, 0.1) is 26.1 Å². The van der Waals surface area contributed by atoms with Gasteiger partial charge >= 0.3 is 5.97 Å². The molecule has 1 fully saturated rings. The lowest BCUT2D eigenvalue weighted by molar-refractivity contribution is -0.142. The Morgan fingerprint density at radius 1 is 1.50 bits per heavy atom. The minimum atomic E-state index is -0.283. The molecule has 0 aromatic carbocycles. The number of carbonyl (C=O) groups is 2. The Morgan fingerprint density at radius 2 is 2.25 bits per heavy atom. The van der Waals surface area contributed by atoms with Crippen molar-refractivity contribution in [3.8, 4) is 0 Å². The highest BCUT2D eigenvalue weighted by Gasteiger charge is 2.27. The van der Waals surface area contributed by atoms with E-state index in [-0.39, 0.29) is 24.2 Å². The lowest BCUT2D eigenvalue weighted by Gasteiger charge is -2.23. The highest BCUT2D eigenvalue weighted by atomic mass is 16.5. The van der Waals surface area contributed by atoms with Gasteiger partial charge < -0.3 is 14.4 Å². The van der Waals surface area contributed by atoms with E-state index < -0.39 is 0 Å². The molecule has 1 aliphatic rings. The number of amides is 1. The first-order chi connectivity index (χ1) is 7.69. The number of carbonyl (C=O) groups excluding carboxylic acids is 2. The first kappa shape index (κ1) is 13.0. The van der Waals surface area contributed by atoms with E-state index >= 15 is 0 Å². The minimum absolute atomic E-state index is 0.0300. The van der Waals surface area contributed by atoms with E-state index in [1.54, 1.807) is 4.90 Å². The summed E-state index contributed by atoms with van der Waals surface area (Å²) in [6.07, 6.45) is 1.04. The van der Waals surface area contributed by atoms with Crippen LogP contribution < -0.4 is 0 Å². The lowest BCUT2D eigenvalue weighted by Crippen LogP contribution is -2.37. The maximum absolute atomic E-state index is 12.0. The van der Waals surface area contributed by atoms with E-state index in [4.69, 9.17) is 4.74 Å². The molecule has 1 aliphatic heterocycles. The Balaban J connectivity index is 2.40. The van der Waals surface area contributed by atoms with Crippen molar-refractivity contribution in [1.82, 2.24) is 4.90 Å². The van der Waals surface area contributed by atoms with E-state index in [1.165, 1.54) is 7.11 Å². The van der Waals surface area contributed by atoms with Crippen LogP contribution in [-0.4, -0.2) is 50.2 Å². The standard InChI is InChI=1S/C11H19NO4/c1-3-12(6-4-10(13)15-2)11(14)9-5-7-16-8-9/h9H,3-8H2,1-2H3. The molecular weight excluding hydrogens is 210 g/mol. The zero-order valence-electron chi connectivity index (χ0n) is 9.90. The minimum Gasteiger partial charge on any atom is -0.469 e. The normalized spacial score (nSPS) is 19.5. The number of nitrogens with zero attached hydrogens (tertiary/aromatic N) is 1. The second kappa shape index (κ2) is 6.48. The molecule has 0 aromatic heterocycles. The fourth-order valence-corrected chi connectivity index (χ4v) is 1.74. The van der Waals surface area contributed by atoms with Gasteiger partial charge in [0.25, 0.3) is 0 Å². The van der Waals surface area contributed by atoms with Crippen molar-refractivity contribution in [2.45, 2.75) is 19.8 Å². The van der Waals surface area contributed by atoms with Gasteiger partial charge in [0.1, 0.15) is 0 Å². The molecule has 0 N–H and O–H groups in total. The Kier molecular flexibility index (Phi) is 5.25. The molecule has 92 valence electrons. The van der Waals surface area contributed by atoms with Crippen molar-refractivity contribution in [1.29, 1.82) is 0 Å². The summed E-state index contributed by atoms with van der Waals surface area (Å²) in [4.78, 5) is 24.7. The Labute approximate surface area is 95.7 Å². The van der Waals surface area contributed by atoms with Crippen LogP contribution in [0.2, 0.25) is 0 Å². The van der Waals surface area contributed by atoms with Crippen molar-refractivity contribution in [3.63, 3.8) is 0 Å². The summed E-state index contributed by atoms with van der Waals surface area (Å²) < 4.78 is 9.73. The predicted molar refractivity (Wildman–Crippen MR) is 57.8 cm³/mol. The average Bonchev–Trinajstić information content (AvgIpc) is 2.82. The maximum Gasteiger partial charge on any atom is 0.307 e. The molecule has 0 radical (unpaired) electrons. The molecule has 0 aliphatic carbocycles. The van der Waals surface area contributed by atoms with Gasteiger partial charge in [-0.1, -0.05) is 0 Å². The summed E-state index contributed by atoms with van der Waals surface area (Å²) in [7, 11) is 1.35. The van der Waals surface area contributed by atoms with Crippen LogP contribution in [-0.2, 0) is 19.1 Å². The van der Waals surface area contributed by atoms with Crippen molar-refractivity contribution in [2.24, 2.45) is 5.92 Å². The van der Waals surface area contributed by atoms with E-state index in [0.29, 0.717) is 26.3 Å². The summed E-state index contributed by atoms with van der Waals surface area (Å²) in [5.41, 5.74) is 0. The predicted octanol–water partition coefficient (Wildman–Crippen LogP) is 0.434. The lowest BCUT2D eigenvalue weighted by atomic mass is 10.1. The Morgan fingerprint density at radius 3 is 2.75 bits per heavy atom. The van der Waals surface area contributed by atoms with Gasteiger partial charge in [-0.05, 0) is 13.3 Å². The van der Waals surface area contributed by atoms with Crippen LogP contribution in [0.3, 0.4) is 0 Å². The highest BCUT2D eigenvalue weighted by molar-refractivity contribution is 5.80. The molecule has 16 heavy (non-hydrogen) atoms. The van der Waals surface area contributed by atoms with Gasteiger partial charge in [-0.3, -0.25) is 9.59 Å². The molecule has 0 bridgehead atoms. The number of methoxy groups -OCH3 is 1. The molecule has 0 aromatic rings. The first-order valence-corrected chi connectivity index (χ1v) is 5.62. The van der Waals surface area contributed by atoms with Crippen LogP contribution in [0.5, 0.6) is 0 Å². The van der Waals surface area contributed by atoms with Gasteiger partial charge in [0.15, 0.2) is 0 Å². The van der Waals surface area contributed by atoms with Crippen LogP contribution in [0.15, 0.2) is 0 Å². The zero-order valence-corrected chi connectivity index (χ0v) is 9.90. The molecule has 1 amide bonds. The quantitative estimate of drug-likeness (QED) is 0.642. The molecule has 1 heterocycles. The molecule has 0 spiro atoms. The van der Waals surface area contributed by atoms with Crippen molar-refractivity contribution < 1.29 is 19.1 Å². The summed E-state index contributed by atoms with van der Waals surface area (Å²) in [5.74, 6) is -0.226. The highest BCUT2D eigenvalue weighted by Crippen LogP contribution is 2.15. The van der Waals surface area contributed by atoms with Crippen LogP contribution in [0.1, 0.15) is 19.8 Å². The maximum atomic E-state index is 12.0. The second-order valence-electron chi connectivity index (χ2n) is 3.80. The number of hydrogen-bond acceptors (Lipinski definition) is 4. The molecule has 1 atom stereocenters. The number of esters is 1. The molecule has 5 heteroatoms. The molecule has 1 rings (SSSR count).